The molecule has 1 saturated carbocycles. The van der Waals surface area contributed by atoms with Crippen LogP contribution >= 0.6 is 0 Å². The van der Waals surface area contributed by atoms with Crippen LogP contribution in [0.4, 0.5) is 19.7 Å². The Kier molecular flexibility index (Phi) is 5.85. The van der Waals surface area contributed by atoms with E-state index in [4.69, 9.17) is 4.74 Å². The molecule has 2 aromatic rings. The van der Waals surface area contributed by atoms with E-state index in [9.17, 15) is 23.6 Å². The second-order valence-electron chi connectivity index (χ2n) is 10.5. The van der Waals surface area contributed by atoms with Crippen molar-refractivity contribution in [3.63, 3.8) is 0 Å². The van der Waals surface area contributed by atoms with Gasteiger partial charge in [0.1, 0.15) is 12.4 Å². The lowest BCUT2D eigenvalue weighted by Crippen LogP contribution is -2.47. The first-order chi connectivity index (χ1) is 18.3. The summed E-state index contributed by atoms with van der Waals surface area (Å²) in [4.78, 5) is 54.8. The molecular weight excluding hydrogens is 491 g/mol. The molecule has 0 bridgehead atoms. The summed E-state index contributed by atoms with van der Waals surface area (Å²) in [6, 6.07) is 10.7. The number of anilines is 1. The number of aryl methyl sites for hydroxylation is 1. The van der Waals surface area contributed by atoms with Gasteiger partial charge in [-0.3, -0.25) is 9.59 Å². The highest BCUT2D eigenvalue weighted by Crippen LogP contribution is 2.48. The molecular formula is C28H29FN4O5. The van der Waals surface area contributed by atoms with Crippen LogP contribution in [0.2, 0.25) is 0 Å². The number of hydrogen-bond acceptors (Lipinski definition) is 5. The van der Waals surface area contributed by atoms with Crippen LogP contribution < -0.4 is 10.6 Å². The van der Waals surface area contributed by atoms with Crippen molar-refractivity contribution >= 4 is 29.6 Å². The quantitative estimate of drug-likeness (QED) is 0.623. The van der Waals surface area contributed by atoms with Gasteiger partial charge in [0, 0.05) is 30.8 Å². The number of rotatable bonds is 5. The van der Waals surface area contributed by atoms with E-state index >= 15 is 0 Å². The highest BCUT2D eigenvalue weighted by atomic mass is 19.1. The van der Waals surface area contributed by atoms with E-state index in [1.54, 1.807) is 30.3 Å². The third kappa shape index (κ3) is 3.99. The monoisotopic (exact) mass is 520 g/mol. The summed E-state index contributed by atoms with van der Waals surface area (Å²) in [6.07, 6.45) is 3.61. The predicted molar refractivity (Wildman–Crippen MR) is 134 cm³/mol. The fraction of sp³-hybridized carbons (Fsp3) is 0.429. The molecule has 9 nitrogen and oxygen atoms in total. The minimum absolute atomic E-state index is 0.0405. The standard InChI is InChI=1S/C28H29FN4O5/c1-30-26(36)31-20-8-9-21-18(14-20)12-13-28(21)25(35)32(27(37)38-28)15-24(34)33-22(16-2-3-16)10-11-23(33)17-4-6-19(29)7-5-17/h4-9,14,16,22-23H,2-3,10-13,15H2,1H3,(H2,30,31,36)/t22?,23-,28?/m0/s1. The van der Waals surface area contributed by atoms with E-state index in [2.05, 4.69) is 10.6 Å². The molecule has 198 valence electrons. The number of amides is 5. The lowest BCUT2D eigenvalue weighted by atomic mass is 9.94. The molecule has 10 heteroatoms. The Bertz CT molecular complexity index is 1330. The smallest absolute Gasteiger partial charge is 0.418 e. The van der Waals surface area contributed by atoms with Crippen molar-refractivity contribution in [2.75, 3.05) is 18.9 Å². The third-order valence-electron chi connectivity index (χ3n) is 8.28. The van der Waals surface area contributed by atoms with Crippen LogP contribution in [0.25, 0.3) is 0 Å². The number of likely N-dealkylation sites (tertiary alicyclic amines) is 1. The van der Waals surface area contributed by atoms with E-state index in [0.29, 0.717) is 23.6 Å². The Morgan fingerprint density at radius 3 is 2.55 bits per heavy atom. The van der Waals surface area contributed by atoms with E-state index in [1.807, 2.05) is 4.90 Å². The Hall–Kier alpha value is -3.95. The molecule has 2 saturated heterocycles. The Balaban J connectivity index is 1.23. The van der Waals surface area contributed by atoms with E-state index in [1.165, 1.54) is 19.2 Å². The molecule has 4 aliphatic rings. The van der Waals surface area contributed by atoms with E-state index in [-0.39, 0.29) is 36.3 Å². The van der Waals surface area contributed by atoms with Crippen LogP contribution in [0.15, 0.2) is 42.5 Å². The van der Waals surface area contributed by atoms with Crippen LogP contribution in [0.5, 0.6) is 0 Å². The zero-order chi connectivity index (χ0) is 26.6. The summed E-state index contributed by atoms with van der Waals surface area (Å²) in [6.45, 7) is -0.397. The molecule has 2 aliphatic heterocycles. The topological polar surface area (TPSA) is 108 Å². The summed E-state index contributed by atoms with van der Waals surface area (Å²) in [5, 5.41) is 5.19. The van der Waals surface area contributed by atoms with Gasteiger partial charge in [-0.25, -0.2) is 18.9 Å². The molecule has 2 aromatic carbocycles. The number of hydrogen-bond donors (Lipinski definition) is 2. The van der Waals surface area contributed by atoms with Crippen molar-refractivity contribution in [2.24, 2.45) is 5.92 Å². The van der Waals surface area contributed by atoms with Gasteiger partial charge in [0.05, 0.1) is 6.04 Å². The van der Waals surface area contributed by atoms with Crippen molar-refractivity contribution < 1.29 is 28.3 Å². The maximum atomic E-state index is 13.7. The summed E-state index contributed by atoms with van der Waals surface area (Å²) in [5.74, 6) is -0.773. The van der Waals surface area contributed by atoms with E-state index in [0.717, 1.165) is 41.7 Å². The molecule has 1 spiro atoms. The second-order valence-corrected chi connectivity index (χ2v) is 10.5. The number of carbonyl (C=O) groups excluding carboxylic acids is 4. The van der Waals surface area contributed by atoms with Gasteiger partial charge in [-0.2, -0.15) is 0 Å². The zero-order valence-electron chi connectivity index (χ0n) is 21.0. The molecule has 3 atom stereocenters. The van der Waals surface area contributed by atoms with Gasteiger partial charge in [0.2, 0.25) is 11.5 Å². The second kappa shape index (κ2) is 9.11. The molecule has 2 unspecified atom stereocenters. The number of nitrogens with zero attached hydrogens (tertiary/aromatic N) is 2. The van der Waals surface area contributed by atoms with Gasteiger partial charge in [-0.05, 0) is 73.4 Å². The normalized spacial score (nSPS) is 26.1. The van der Waals surface area contributed by atoms with Gasteiger partial charge < -0.3 is 20.3 Å². The van der Waals surface area contributed by atoms with Gasteiger partial charge in [-0.1, -0.05) is 18.2 Å². The number of imide groups is 1. The van der Waals surface area contributed by atoms with Crippen LogP contribution in [-0.4, -0.2) is 53.4 Å². The van der Waals surface area contributed by atoms with Crippen molar-refractivity contribution in [1.82, 2.24) is 15.1 Å². The Morgan fingerprint density at radius 2 is 1.84 bits per heavy atom. The average Bonchev–Trinajstić information content (AvgIpc) is 3.49. The number of fused-ring (bicyclic) bond motifs is 2. The predicted octanol–water partition coefficient (Wildman–Crippen LogP) is 3.84. The molecule has 2 N–H and O–H groups in total. The summed E-state index contributed by atoms with van der Waals surface area (Å²) < 4.78 is 19.3. The lowest BCUT2D eigenvalue weighted by molar-refractivity contribution is -0.143. The zero-order valence-corrected chi connectivity index (χ0v) is 21.0. The first-order valence-electron chi connectivity index (χ1n) is 13.0. The number of urea groups is 1. The maximum Gasteiger partial charge on any atom is 0.418 e. The average molecular weight is 521 g/mol. The van der Waals surface area contributed by atoms with Crippen molar-refractivity contribution in [3.8, 4) is 0 Å². The highest BCUT2D eigenvalue weighted by molar-refractivity contribution is 6.06. The lowest BCUT2D eigenvalue weighted by Gasteiger charge is -2.32. The first kappa shape index (κ1) is 24.4. The summed E-state index contributed by atoms with van der Waals surface area (Å²) in [5.41, 5.74) is 1.33. The fourth-order valence-corrected chi connectivity index (χ4v) is 6.29. The summed E-state index contributed by atoms with van der Waals surface area (Å²) >= 11 is 0. The summed E-state index contributed by atoms with van der Waals surface area (Å²) in [7, 11) is 1.51. The number of nitrogens with one attached hydrogen (secondary N) is 2. The van der Waals surface area contributed by atoms with Crippen LogP contribution in [-0.2, 0) is 26.3 Å². The van der Waals surface area contributed by atoms with Crippen LogP contribution in [0.3, 0.4) is 0 Å². The van der Waals surface area contributed by atoms with Crippen LogP contribution in [0.1, 0.15) is 54.8 Å². The SMILES string of the molecule is CNC(=O)Nc1ccc2c(c1)CCC21OC(=O)N(CC(=O)N2C(C3CC3)CC[C@H]2c2ccc(F)cc2)C1=O. The number of carbonyl (C=O) groups is 4. The largest absolute Gasteiger partial charge is 0.427 e. The molecule has 0 radical (unpaired) electrons. The Morgan fingerprint density at radius 1 is 1.08 bits per heavy atom. The number of ether oxygens (including phenoxy) is 1. The van der Waals surface area contributed by atoms with Gasteiger partial charge in [-0.15, -0.1) is 0 Å². The highest BCUT2D eigenvalue weighted by Gasteiger charge is 2.59. The molecule has 2 heterocycles. The van der Waals surface area contributed by atoms with Crippen molar-refractivity contribution in [2.45, 2.75) is 56.2 Å². The van der Waals surface area contributed by atoms with Gasteiger partial charge >= 0.3 is 12.1 Å². The number of benzene rings is 2. The molecule has 5 amide bonds. The molecule has 38 heavy (non-hydrogen) atoms. The van der Waals surface area contributed by atoms with Gasteiger partial charge in [0.15, 0.2) is 0 Å². The van der Waals surface area contributed by atoms with Crippen molar-refractivity contribution in [1.29, 1.82) is 0 Å². The van der Waals surface area contributed by atoms with E-state index < -0.39 is 24.1 Å². The van der Waals surface area contributed by atoms with Gasteiger partial charge in [0.25, 0.3) is 5.91 Å². The molecule has 2 aliphatic carbocycles. The minimum atomic E-state index is -1.46. The van der Waals surface area contributed by atoms with Crippen molar-refractivity contribution in [3.05, 3.63) is 65.0 Å². The number of halogens is 1. The Labute approximate surface area is 219 Å². The van der Waals surface area contributed by atoms with Crippen LogP contribution in [0, 0.1) is 11.7 Å². The molecule has 6 rings (SSSR count). The molecule has 0 aromatic heterocycles. The third-order valence-corrected chi connectivity index (χ3v) is 8.28. The first-order valence-corrected chi connectivity index (χ1v) is 13.0. The minimum Gasteiger partial charge on any atom is -0.427 e. The molecule has 3 fully saturated rings. The maximum absolute atomic E-state index is 13.7. The fourth-order valence-electron chi connectivity index (χ4n) is 6.29.